The van der Waals surface area contributed by atoms with E-state index in [4.69, 9.17) is 25.8 Å². The summed E-state index contributed by atoms with van der Waals surface area (Å²) >= 11 is 6.22. The van der Waals surface area contributed by atoms with Crippen molar-refractivity contribution in [2.75, 3.05) is 20.3 Å². The lowest BCUT2D eigenvalue weighted by molar-refractivity contribution is -0.108. The van der Waals surface area contributed by atoms with Gasteiger partial charge in [0.25, 0.3) is 0 Å². The van der Waals surface area contributed by atoms with E-state index in [1.165, 1.54) is 0 Å². The molecule has 0 aromatic heterocycles. The van der Waals surface area contributed by atoms with Gasteiger partial charge in [-0.05, 0) is 5.92 Å². The van der Waals surface area contributed by atoms with Crippen LogP contribution in [-0.4, -0.2) is 26.6 Å². The first-order chi connectivity index (χ1) is 9.19. The molecule has 1 aliphatic heterocycles. The highest BCUT2D eigenvalue weighted by molar-refractivity contribution is 6.32. The normalized spacial score (nSPS) is 15.5. The van der Waals surface area contributed by atoms with Crippen LogP contribution in [-0.2, 0) is 4.79 Å². The minimum Gasteiger partial charge on any atom is -0.495 e. The van der Waals surface area contributed by atoms with Crippen LogP contribution in [0.15, 0.2) is 6.07 Å². The Morgan fingerprint density at radius 3 is 2.89 bits per heavy atom. The number of halogens is 1. The first-order valence-corrected chi connectivity index (χ1v) is 6.66. The Morgan fingerprint density at radius 2 is 2.21 bits per heavy atom. The van der Waals surface area contributed by atoms with Crippen molar-refractivity contribution in [3.8, 4) is 17.2 Å². The number of ether oxygens (including phenoxy) is 3. The zero-order chi connectivity index (χ0) is 13.8. The third-order valence-corrected chi connectivity index (χ3v) is 3.41. The van der Waals surface area contributed by atoms with Crippen molar-refractivity contribution >= 4 is 17.9 Å². The molecule has 1 heterocycles. The first-order valence-electron chi connectivity index (χ1n) is 6.28. The van der Waals surface area contributed by atoms with E-state index in [0.29, 0.717) is 41.9 Å². The van der Waals surface area contributed by atoms with Gasteiger partial charge in [-0.25, -0.2) is 0 Å². The smallest absolute Gasteiger partial charge is 0.168 e. The molecule has 0 aliphatic carbocycles. The lowest BCUT2D eigenvalue weighted by Gasteiger charge is -2.20. The SMILES string of the molecule is COc1c(Cl)cc2c(c1C(C)CC=O)OCCCO2. The molecule has 0 N–H and O–H groups in total. The van der Waals surface area contributed by atoms with Crippen molar-refractivity contribution in [3.05, 3.63) is 16.7 Å². The molecule has 1 aromatic rings. The van der Waals surface area contributed by atoms with E-state index in [0.717, 1.165) is 18.3 Å². The second-order valence-electron chi connectivity index (χ2n) is 4.49. The zero-order valence-electron chi connectivity index (χ0n) is 11.1. The predicted molar refractivity (Wildman–Crippen MR) is 72.7 cm³/mol. The van der Waals surface area contributed by atoms with Crippen molar-refractivity contribution in [2.45, 2.75) is 25.7 Å². The van der Waals surface area contributed by atoms with Crippen LogP contribution < -0.4 is 14.2 Å². The molecule has 0 bridgehead atoms. The van der Waals surface area contributed by atoms with Crippen LogP contribution >= 0.6 is 11.6 Å². The second kappa shape index (κ2) is 6.15. The molecule has 0 radical (unpaired) electrons. The van der Waals surface area contributed by atoms with Gasteiger partial charge in [0, 0.05) is 24.5 Å². The number of methoxy groups -OCH3 is 1. The molecule has 1 unspecified atom stereocenters. The minimum absolute atomic E-state index is 0.0402. The third kappa shape index (κ3) is 2.78. The zero-order valence-corrected chi connectivity index (χ0v) is 11.8. The molecule has 0 saturated carbocycles. The molecule has 0 saturated heterocycles. The summed E-state index contributed by atoms with van der Waals surface area (Å²) in [5, 5.41) is 0.472. The van der Waals surface area contributed by atoms with Crippen LogP contribution in [0.5, 0.6) is 17.2 Å². The van der Waals surface area contributed by atoms with Gasteiger partial charge in [0.1, 0.15) is 12.0 Å². The Morgan fingerprint density at radius 1 is 1.47 bits per heavy atom. The van der Waals surface area contributed by atoms with E-state index in [-0.39, 0.29) is 5.92 Å². The summed E-state index contributed by atoms with van der Waals surface area (Å²) < 4.78 is 16.8. The Labute approximate surface area is 117 Å². The molecule has 0 fully saturated rings. The fourth-order valence-electron chi connectivity index (χ4n) is 2.20. The summed E-state index contributed by atoms with van der Waals surface area (Å²) in [6, 6.07) is 1.71. The lowest BCUT2D eigenvalue weighted by atomic mass is 9.95. The summed E-state index contributed by atoms with van der Waals surface area (Å²) in [6.07, 6.45) is 2.08. The minimum atomic E-state index is -0.0402. The number of carbonyl (C=O) groups is 1. The Bertz CT molecular complexity index is 473. The highest BCUT2D eigenvalue weighted by atomic mass is 35.5. The van der Waals surface area contributed by atoms with Crippen molar-refractivity contribution in [1.82, 2.24) is 0 Å². The predicted octanol–water partition coefficient (Wildman–Crippen LogP) is 3.20. The maximum atomic E-state index is 10.8. The molecule has 19 heavy (non-hydrogen) atoms. The molecule has 1 aliphatic rings. The largest absolute Gasteiger partial charge is 0.495 e. The van der Waals surface area contributed by atoms with E-state index in [9.17, 15) is 4.79 Å². The van der Waals surface area contributed by atoms with Gasteiger partial charge >= 0.3 is 0 Å². The van der Waals surface area contributed by atoms with Crippen LogP contribution in [0.1, 0.15) is 31.2 Å². The second-order valence-corrected chi connectivity index (χ2v) is 4.89. The van der Waals surface area contributed by atoms with Gasteiger partial charge in [0.05, 0.1) is 25.3 Å². The van der Waals surface area contributed by atoms with E-state index >= 15 is 0 Å². The molecule has 104 valence electrons. The summed E-state index contributed by atoms with van der Waals surface area (Å²) in [4.78, 5) is 10.8. The number of hydrogen-bond acceptors (Lipinski definition) is 4. The van der Waals surface area contributed by atoms with Gasteiger partial charge in [-0.1, -0.05) is 18.5 Å². The van der Waals surface area contributed by atoms with Gasteiger partial charge in [-0.2, -0.15) is 0 Å². The van der Waals surface area contributed by atoms with E-state index in [2.05, 4.69) is 0 Å². The van der Waals surface area contributed by atoms with Crippen LogP contribution in [0.2, 0.25) is 5.02 Å². The van der Waals surface area contributed by atoms with Crippen LogP contribution in [0.3, 0.4) is 0 Å². The standard InChI is InChI=1S/C14H17ClO4/c1-9(4-5-16)12-13(17-2)10(15)8-11-14(12)19-7-3-6-18-11/h5,8-9H,3-4,6-7H2,1-2H3. The van der Waals surface area contributed by atoms with Crippen LogP contribution in [0, 0.1) is 0 Å². The summed E-state index contributed by atoms with van der Waals surface area (Å²) in [5.74, 6) is 1.78. The molecular weight excluding hydrogens is 268 g/mol. The fraction of sp³-hybridized carbons (Fsp3) is 0.500. The quantitative estimate of drug-likeness (QED) is 0.797. The molecule has 0 amide bonds. The number of aldehydes is 1. The Kier molecular flexibility index (Phi) is 4.53. The van der Waals surface area contributed by atoms with Crippen molar-refractivity contribution < 1.29 is 19.0 Å². The number of hydrogen-bond donors (Lipinski definition) is 0. The molecule has 2 rings (SSSR count). The van der Waals surface area contributed by atoms with E-state index < -0.39 is 0 Å². The first kappa shape index (κ1) is 14.0. The summed E-state index contributed by atoms with van der Waals surface area (Å²) in [6.45, 7) is 3.12. The summed E-state index contributed by atoms with van der Waals surface area (Å²) in [7, 11) is 1.56. The maximum Gasteiger partial charge on any atom is 0.168 e. The van der Waals surface area contributed by atoms with Gasteiger partial charge in [-0.15, -0.1) is 0 Å². The molecular formula is C14H17ClO4. The van der Waals surface area contributed by atoms with Gasteiger partial charge in [0.2, 0.25) is 0 Å². The Balaban J connectivity index is 2.57. The topological polar surface area (TPSA) is 44.8 Å². The van der Waals surface area contributed by atoms with E-state index in [1.54, 1.807) is 13.2 Å². The highest BCUT2D eigenvalue weighted by Gasteiger charge is 2.25. The van der Waals surface area contributed by atoms with Gasteiger partial charge in [-0.3, -0.25) is 0 Å². The van der Waals surface area contributed by atoms with Crippen molar-refractivity contribution in [2.24, 2.45) is 0 Å². The lowest BCUT2D eigenvalue weighted by Crippen LogP contribution is -2.05. The molecule has 1 atom stereocenters. The monoisotopic (exact) mass is 284 g/mol. The number of fused-ring (bicyclic) bond motifs is 1. The molecule has 0 spiro atoms. The van der Waals surface area contributed by atoms with Gasteiger partial charge in [0.15, 0.2) is 11.5 Å². The Hall–Kier alpha value is -1.42. The molecule has 4 nitrogen and oxygen atoms in total. The highest BCUT2D eigenvalue weighted by Crippen LogP contribution is 2.47. The molecule has 1 aromatic carbocycles. The van der Waals surface area contributed by atoms with Crippen molar-refractivity contribution in [3.63, 3.8) is 0 Å². The van der Waals surface area contributed by atoms with Crippen LogP contribution in [0.4, 0.5) is 0 Å². The average molecular weight is 285 g/mol. The third-order valence-electron chi connectivity index (χ3n) is 3.13. The van der Waals surface area contributed by atoms with Crippen LogP contribution in [0.25, 0.3) is 0 Å². The fourth-order valence-corrected chi connectivity index (χ4v) is 2.48. The number of carbonyl (C=O) groups excluding carboxylic acids is 1. The van der Waals surface area contributed by atoms with E-state index in [1.807, 2.05) is 6.92 Å². The average Bonchev–Trinajstić information content (AvgIpc) is 2.62. The maximum absolute atomic E-state index is 10.8. The number of benzene rings is 1. The van der Waals surface area contributed by atoms with Gasteiger partial charge < -0.3 is 19.0 Å². The van der Waals surface area contributed by atoms with Crippen molar-refractivity contribution in [1.29, 1.82) is 0 Å². The summed E-state index contributed by atoms with van der Waals surface area (Å²) in [5.41, 5.74) is 0.805. The molecule has 5 heteroatoms. The number of rotatable bonds is 4.